The fourth-order valence-electron chi connectivity index (χ4n) is 3.56. The molecular formula is C27H35BrClNO3. The predicted molar refractivity (Wildman–Crippen MR) is 141 cm³/mol. The lowest BCUT2D eigenvalue weighted by atomic mass is 10.1. The largest absolute Gasteiger partial charge is 0.491 e. The van der Waals surface area contributed by atoms with Crippen LogP contribution in [0.3, 0.4) is 0 Å². The van der Waals surface area contributed by atoms with Crippen molar-refractivity contribution in [1.29, 1.82) is 0 Å². The Morgan fingerprint density at radius 1 is 0.909 bits per heavy atom. The van der Waals surface area contributed by atoms with Crippen LogP contribution in [0, 0.1) is 0 Å². The fourth-order valence-corrected chi connectivity index (χ4v) is 4.11. The van der Waals surface area contributed by atoms with Crippen molar-refractivity contribution in [3.05, 3.63) is 59.1 Å². The molecule has 0 aromatic heterocycles. The van der Waals surface area contributed by atoms with Gasteiger partial charge in [-0.1, -0.05) is 123 Å². The normalized spacial score (nSPS) is 11.7. The molecule has 6 heteroatoms. The lowest BCUT2D eigenvalue weighted by Gasteiger charge is -2.15. The van der Waals surface area contributed by atoms with E-state index in [1.54, 1.807) is 42.5 Å². The zero-order chi connectivity index (χ0) is 23.9. The molecule has 0 radical (unpaired) electrons. The van der Waals surface area contributed by atoms with Crippen molar-refractivity contribution < 1.29 is 14.3 Å². The smallest absolute Gasteiger partial charge is 0.246 e. The van der Waals surface area contributed by atoms with Crippen LogP contribution < -0.4 is 10.1 Å². The van der Waals surface area contributed by atoms with Crippen LogP contribution in [0.15, 0.2) is 48.5 Å². The number of nitrogens with one attached hydrogen (secondary N) is 1. The Balaban J connectivity index is 1.77. The van der Waals surface area contributed by atoms with E-state index in [1.165, 1.54) is 51.4 Å². The van der Waals surface area contributed by atoms with Gasteiger partial charge in [0.25, 0.3) is 0 Å². The number of Topliss-reactive ketones (excluding diaryl/α,β-unsaturated/α-hetero) is 1. The van der Waals surface area contributed by atoms with E-state index in [0.717, 1.165) is 12.8 Å². The van der Waals surface area contributed by atoms with Crippen LogP contribution in [-0.2, 0) is 4.79 Å². The minimum absolute atomic E-state index is 0.303. The lowest BCUT2D eigenvalue weighted by Crippen LogP contribution is -2.30. The number of alkyl halides is 1. The average Bonchev–Trinajstić information content (AvgIpc) is 2.83. The first-order valence-corrected chi connectivity index (χ1v) is 13.3. The van der Waals surface area contributed by atoms with Crippen LogP contribution in [0.2, 0.25) is 5.02 Å². The molecule has 0 saturated carbocycles. The molecule has 33 heavy (non-hydrogen) atoms. The number of amides is 1. The predicted octanol–water partition coefficient (Wildman–Crippen LogP) is 8.22. The highest BCUT2D eigenvalue weighted by Crippen LogP contribution is 2.29. The Kier molecular flexibility index (Phi) is 13.2. The number of unbranched alkanes of at least 4 members (excludes halogenated alkanes) is 9. The Bertz CT molecular complexity index is 860. The van der Waals surface area contributed by atoms with Crippen molar-refractivity contribution in [2.45, 2.75) is 76.0 Å². The highest BCUT2D eigenvalue weighted by molar-refractivity contribution is 9.10. The van der Waals surface area contributed by atoms with Gasteiger partial charge in [0, 0.05) is 10.6 Å². The summed E-state index contributed by atoms with van der Waals surface area (Å²) in [6.45, 7) is 2.82. The third kappa shape index (κ3) is 10.3. The molecule has 2 aromatic carbocycles. The van der Waals surface area contributed by atoms with Gasteiger partial charge in [0.15, 0.2) is 10.6 Å². The Morgan fingerprint density at radius 2 is 1.52 bits per heavy atom. The molecule has 0 heterocycles. The number of rotatable bonds is 16. The summed E-state index contributed by atoms with van der Waals surface area (Å²) in [6.07, 6.45) is 12.6. The van der Waals surface area contributed by atoms with E-state index < -0.39 is 10.7 Å². The summed E-state index contributed by atoms with van der Waals surface area (Å²) in [5, 5.41) is 3.26. The van der Waals surface area contributed by atoms with Crippen LogP contribution >= 0.6 is 27.5 Å². The second-order valence-electron chi connectivity index (χ2n) is 8.25. The van der Waals surface area contributed by atoms with E-state index in [1.807, 2.05) is 6.07 Å². The lowest BCUT2D eigenvalue weighted by molar-refractivity contribution is -0.114. The number of ketones is 1. The maximum absolute atomic E-state index is 12.7. The van der Waals surface area contributed by atoms with Gasteiger partial charge < -0.3 is 10.1 Å². The summed E-state index contributed by atoms with van der Waals surface area (Å²) >= 11 is 9.35. The zero-order valence-electron chi connectivity index (χ0n) is 19.5. The molecule has 1 unspecified atom stereocenters. The SMILES string of the molecule is CCCCCCCCCCCCOc1ccc(Cl)cc1NC(=O)C(Br)C(=O)c1ccccc1. The number of hydrogen-bond donors (Lipinski definition) is 1. The highest BCUT2D eigenvalue weighted by Gasteiger charge is 2.25. The van der Waals surface area contributed by atoms with Crippen molar-refractivity contribution in [3.63, 3.8) is 0 Å². The number of benzene rings is 2. The summed E-state index contributed by atoms with van der Waals surface area (Å²) < 4.78 is 5.92. The van der Waals surface area contributed by atoms with Gasteiger partial charge in [-0.2, -0.15) is 0 Å². The van der Waals surface area contributed by atoms with Crippen LogP contribution in [0.5, 0.6) is 5.75 Å². The number of anilines is 1. The molecule has 0 fully saturated rings. The van der Waals surface area contributed by atoms with Crippen LogP contribution in [0.4, 0.5) is 5.69 Å². The van der Waals surface area contributed by atoms with E-state index in [4.69, 9.17) is 16.3 Å². The molecule has 0 saturated heterocycles. The van der Waals surface area contributed by atoms with Gasteiger partial charge in [0.05, 0.1) is 12.3 Å². The third-order valence-corrected chi connectivity index (χ3v) is 6.54. The van der Waals surface area contributed by atoms with E-state index in [-0.39, 0.29) is 5.78 Å². The summed E-state index contributed by atoms with van der Waals surface area (Å²) in [6, 6.07) is 13.8. The van der Waals surface area contributed by atoms with Gasteiger partial charge in [-0.3, -0.25) is 9.59 Å². The summed E-state index contributed by atoms with van der Waals surface area (Å²) in [7, 11) is 0. The standard InChI is InChI=1S/C27H35BrClNO3/c1-2-3-4-5-6-7-8-9-10-14-19-33-24-18-17-22(29)20-23(24)30-27(32)25(28)26(31)21-15-12-11-13-16-21/h11-13,15-18,20,25H,2-10,14,19H2,1H3,(H,30,32). The van der Waals surface area contributed by atoms with E-state index in [0.29, 0.717) is 28.6 Å². The summed E-state index contributed by atoms with van der Waals surface area (Å²) in [4.78, 5) is 24.2. The van der Waals surface area contributed by atoms with Crippen molar-refractivity contribution in [2.24, 2.45) is 0 Å². The molecule has 4 nitrogen and oxygen atoms in total. The maximum atomic E-state index is 12.7. The number of carbonyl (C=O) groups is 2. The quantitative estimate of drug-likeness (QED) is 0.102. The second-order valence-corrected chi connectivity index (χ2v) is 9.61. The van der Waals surface area contributed by atoms with Gasteiger partial charge in [0.2, 0.25) is 5.91 Å². The molecule has 0 aliphatic heterocycles. The third-order valence-electron chi connectivity index (χ3n) is 5.47. The first-order chi connectivity index (χ1) is 16.0. The minimum Gasteiger partial charge on any atom is -0.491 e. The number of halogens is 2. The Labute approximate surface area is 211 Å². The number of ether oxygens (including phenoxy) is 1. The zero-order valence-corrected chi connectivity index (χ0v) is 21.8. The topological polar surface area (TPSA) is 55.4 Å². The first kappa shape index (κ1) is 27.4. The molecular weight excluding hydrogens is 502 g/mol. The van der Waals surface area contributed by atoms with E-state index in [9.17, 15) is 9.59 Å². The van der Waals surface area contributed by atoms with Gasteiger partial charge in [-0.05, 0) is 24.6 Å². The minimum atomic E-state index is -1.01. The Hall–Kier alpha value is -1.85. The molecule has 2 aromatic rings. The molecule has 1 N–H and O–H groups in total. The maximum Gasteiger partial charge on any atom is 0.246 e. The van der Waals surface area contributed by atoms with Gasteiger partial charge in [0.1, 0.15) is 5.75 Å². The van der Waals surface area contributed by atoms with Gasteiger partial charge >= 0.3 is 0 Å². The van der Waals surface area contributed by atoms with E-state index in [2.05, 4.69) is 28.2 Å². The Morgan fingerprint density at radius 3 is 2.15 bits per heavy atom. The summed E-state index contributed by atoms with van der Waals surface area (Å²) in [5.74, 6) is -0.214. The van der Waals surface area contributed by atoms with Crippen molar-refractivity contribution in [2.75, 3.05) is 11.9 Å². The molecule has 2 rings (SSSR count). The number of hydrogen-bond acceptors (Lipinski definition) is 3. The van der Waals surface area contributed by atoms with Crippen LogP contribution in [0.25, 0.3) is 0 Å². The second kappa shape index (κ2) is 15.9. The van der Waals surface area contributed by atoms with Crippen molar-refractivity contribution in [3.8, 4) is 5.75 Å². The molecule has 0 aliphatic rings. The molecule has 1 amide bonds. The van der Waals surface area contributed by atoms with Crippen molar-refractivity contribution in [1.82, 2.24) is 0 Å². The highest BCUT2D eigenvalue weighted by atomic mass is 79.9. The van der Waals surface area contributed by atoms with Crippen molar-refractivity contribution >= 4 is 44.9 Å². The van der Waals surface area contributed by atoms with Crippen LogP contribution in [0.1, 0.15) is 81.5 Å². The monoisotopic (exact) mass is 535 g/mol. The summed E-state index contributed by atoms with van der Waals surface area (Å²) in [5.41, 5.74) is 0.933. The molecule has 0 aliphatic carbocycles. The van der Waals surface area contributed by atoms with Gasteiger partial charge in [-0.15, -0.1) is 0 Å². The number of carbonyl (C=O) groups excluding carboxylic acids is 2. The molecule has 0 bridgehead atoms. The first-order valence-electron chi connectivity index (χ1n) is 12.0. The van der Waals surface area contributed by atoms with Crippen LogP contribution in [-0.4, -0.2) is 23.1 Å². The average molecular weight is 537 g/mol. The molecule has 1 atom stereocenters. The van der Waals surface area contributed by atoms with E-state index >= 15 is 0 Å². The fraction of sp³-hybridized carbons (Fsp3) is 0.481. The molecule has 0 spiro atoms. The molecule has 180 valence electrons. The van der Waals surface area contributed by atoms with Gasteiger partial charge in [-0.25, -0.2) is 0 Å².